The van der Waals surface area contributed by atoms with Crippen molar-refractivity contribution in [3.05, 3.63) is 12.2 Å². The van der Waals surface area contributed by atoms with Gasteiger partial charge < -0.3 is 69.5 Å². The zero-order chi connectivity index (χ0) is 77.2. The molecule has 12 amide bonds. The number of alkyl halides is 3. The van der Waals surface area contributed by atoms with Gasteiger partial charge in [0.25, 0.3) is 0 Å². The van der Waals surface area contributed by atoms with Crippen molar-refractivity contribution in [3.63, 3.8) is 0 Å². The van der Waals surface area contributed by atoms with E-state index in [0.29, 0.717) is 31.6 Å². The number of hydrogen-bond donors (Lipinski definition) is 3. The van der Waals surface area contributed by atoms with Crippen LogP contribution in [0, 0.1) is 46.8 Å². The zero-order valence-corrected chi connectivity index (χ0v) is 64.7. The second-order valence-electron chi connectivity index (χ2n) is 32.7. The lowest BCUT2D eigenvalue weighted by Crippen LogP contribution is -2.71. The quantitative estimate of drug-likeness (QED) is 0.217. The minimum absolute atomic E-state index is 0.00107. The third-order valence-corrected chi connectivity index (χ3v) is 23.9. The van der Waals surface area contributed by atoms with Crippen molar-refractivity contribution in [2.75, 3.05) is 103 Å². The van der Waals surface area contributed by atoms with E-state index in [1.807, 2.05) is 33.8 Å². The molecule has 104 heavy (non-hydrogen) atoms. The molecule has 3 heterocycles. The van der Waals surface area contributed by atoms with Crippen LogP contribution < -0.4 is 16.0 Å². The number of nitrogens with zero attached hydrogens (tertiary/aromatic N) is 9. The van der Waals surface area contributed by atoms with Crippen LogP contribution >= 0.6 is 0 Å². The number of nitrogens with one attached hydrogen (secondary N) is 3. The minimum atomic E-state index is -4.51. The highest BCUT2D eigenvalue weighted by Gasteiger charge is 2.59. The Kier molecular flexibility index (Phi) is 29.3. The molecule has 7 aliphatic rings. The topological polar surface area (TPSA) is 289 Å². The van der Waals surface area contributed by atoms with Gasteiger partial charge in [0.1, 0.15) is 53.9 Å². The number of rotatable bonds is 12. The summed E-state index contributed by atoms with van der Waals surface area (Å²) in [7, 11) is 14.0. The molecule has 3 N–H and O–H groups in total. The predicted molar refractivity (Wildman–Crippen MR) is 382 cm³/mol. The summed E-state index contributed by atoms with van der Waals surface area (Å²) in [4.78, 5) is 193. The van der Waals surface area contributed by atoms with E-state index in [9.17, 15) is 41.9 Å². The SMILES string of the molecule is CC[C@H](C)[C@@H]1NC(=O)[C@H](COC)N(C)C(=O)C[C@@H](C(=O)N(C)C)N(C)C(=O)[C@H](C2CCCC2)N(C)C(=O)C2(CC(C)(C)C2)NC(=O)[C@@H]2C[C@H](C)CN2C(=O)[C@H](CCC2CCC(C(F)(F)F)C(OC)C2)NC(=O)CN(C)C(=O)[C@H](CC2CCC(C)CC2)N2CC/C=C\C[C@@H](C2=O)N(C)C(=O)CN(C)C1=O. The maximum atomic E-state index is 15.7. The number of likely N-dealkylation sites (N-methyl/N-ethyl adjacent to an activating group) is 7. The van der Waals surface area contributed by atoms with Gasteiger partial charge in [-0.3, -0.25) is 57.5 Å². The van der Waals surface area contributed by atoms with Gasteiger partial charge in [0.15, 0.2) is 0 Å². The fourth-order valence-electron chi connectivity index (χ4n) is 17.5. The first-order valence-electron chi connectivity index (χ1n) is 37.8. The summed E-state index contributed by atoms with van der Waals surface area (Å²) in [6, 6.07) is -10.2. The van der Waals surface area contributed by atoms with E-state index in [4.69, 9.17) is 9.47 Å². The summed E-state index contributed by atoms with van der Waals surface area (Å²) in [5, 5.41) is 8.81. The zero-order valence-electron chi connectivity index (χ0n) is 64.7. The molecule has 0 radical (unpaired) electrons. The molecule has 7 rings (SSSR count). The Morgan fingerprint density at radius 3 is 1.90 bits per heavy atom. The van der Waals surface area contributed by atoms with Crippen LogP contribution in [-0.4, -0.2) is 285 Å². The number of halogens is 3. The van der Waals surface area contributed by atoms with Crippen molar-refractivity contribution < 1.29 is 80.2 Å². The average Bonchev–Trinajstić information content (AvgIpc) is 0.856. The molecule has 3 aliphatic heterocycles. The second kappa shape index (κ2) is 36.1. The van der Waals surface area contributed by atoms with Gasteiger partial charge in [-0.25, -0.2) is 0 Å². The molecule has 0 aromatic heterocycles. The van der Waals surface area contributed by atoms with Gasteiger partial charge in [-0.05, 0) is 124 Å². The van der Waals surface area contributed by atoms with Crippen LogP contribution in [0.5, 0.6) is 0 Å². The summed E-state index contributed by atoms with van der Waals surface area (Å²) in [5.41, 5.74) is -2.12. The van der Waals surface area contributed by atoms with E-state index in [-0.39, 0.29) is 102 Å². The number of carbonyl (C=O) groups is 12. The Morgan fingerprint density at radius 2 is 1.31 bits per heavy atom. The summed E-state index contributed by atoms with van der Waals surface area (Å²) in [6.45, 7) is 10.0. The molecule has 0 aromatic rings. The fraction of sp³-hybridized carbons (Fsp3) is 0.813. The first-order valence-corrected chi connectivity index (χ1v) is 37.8. The molecule has 586 valence electrons. The predicted octanol–water partition coefficient (Wildman–Crippen LogP) is 5.00. The number of ether oxygens (including phenoxy) is 2. The molecule has 1 spiro atoms. The molecule has 29 heteroatoms. The smallest absolute Gasteiger partial charge is 0.382 e. The fourth-order valence-corrected chi connectivity index (χ4v) is 17.5. The number of amides is 12. The molecule has 26 nitrogen and oxygen atoms in total. The Morgan fingerprint density at radius 1 is 0.673 bits per heavy atom. The normalized spacial score (nSPS) is 32.3. The van der Waals surface area contributed by atoms with Crippen LogP contribution in [0.1, 0.15) is 176 Å². The Labute approximate surface area is 613 Å². The molecule has 3 unspecified atom stereocenters. The van der Waals surface area contributed by atoms with Crippen molar-refractivity contribution in [2.24, 2.45) is 46.8 Å². The number of fused-ring (bicyclic) bond motifs is 3. The van der Waals surface area contributed by atoms with Crippen molar-refractivity contribution in [1.29, 1.82) is 0 Å². The van der Waals surface area contributed by atoms with Gasteiger partial charge in [0, 0.05) is 83.7 Å². The average molecular weight is 1470 g/mol. The highest BCUT2D eigenvalue weighted by Crippen LogP contribution is 2.50. The van der Waals surface area contributed by atoms with E-state index in [1.54, 1.807) is 13.0 Å². The van der Waals surface area contributed by atoms with Crippen molar-refractivity contribution >= 4 is 70.9 Å². The van der Waals surface area contributed by atoms with E-state index >= 15 is 28.8 Å². The van der Waals surface area contributed by atoms with Crippen LogP contribution in [0.15, 0.2) is 12.2 Å². The molecular weight excluding hydrogens is 1350 g/mol. The maximum absolute atomic E-state index is 15.7. The number of methoxy groups -OCH3 is 2. The van der Waals surface area contributed by atoms with Crippen molar-refractivity contribution in [3.8, 4) is 0 Å². The van der Waals surface area contributed by atoms with E-state index in [0.717, 1.165) is 53.2 Å². The monoisotopic (exact) mass is 1470 g/mol. The van der Waals surface area contributed by atoms with Crippen LogP contribution in [0.4, 0.5) is 13.2 Å². The van der Waals surface area contributed by atoms with E-state index in [1.165, 1.54) is 100 Å². The largest absolute Gasteiger partial charge is 0.394 e. The molecule has 2 bridgehead atoms. The Bertz CT molecular complexity index is 3110. The highest BCUT2D eigenvalue weighted by molar-refractivity contribution is 6.01. The van der Waals surface area contributed by atoms with Gasteiger partial charge in [-0.1, -0.05) is 98.6 Å². The van der Waals surface area contributed by atoms with Gasteiger partial charge in [-0.15, -0.1) is 0 Å². The van der Waals surface area contributed by atoms with Crippen LogP contribution in [0.2, 0.25) is 0 Å². The lowest BCUT2D eigenvalue weighted by Gasteiger charge is -2.54. The molecule has 2 saturated heterocycles. The third kappa shape index (κ3) is 20.2. The number of carbonyl (C=O) groups excluding carboxylic acids is 12. The lowest BCUT2D eigenvalue weighted by atomic mass is 9.58. The molecular formula is C75H121F3N12O14. The van der Waals surface area contributed by atoms with Gasteiger partial charge in [0.2, 0.25) is 70.9 Å². The van der Waals surface area contributed by atoms with Crippen molar-refractivity contribution in [2.45, 2.75) is 243 Å². The Balaban J connectivity index is 1.31. The van der Waals surface area contributed by atoms with E-state index < -0.39 is 180 Å². The lowest BCUT2D eigenvalue weighted by molar-refractivity contribution is -0.215. The van der Waals surface area contributed by atoms with Gasteiger partial charge >= 0.3 is 6.18 Å². The first-order chi connectivity index (χ1) is 48.8. The van der Waals surface area contributed by atoms with Crippen LogP contribution in [0.25, 0.3) is 0 Å². The summed E-state index contributed by atoms with van der Waals surface area (Å²) in [6.07, 6.45) is 4.62. The minimum Gasteiger partial charge on any atom is -0.382 e. The summed E-state index contributed by atoms with van der Waals surface area (Å²) < 4.78 is 53.8. The molecule has 13 atom stereocenters. The molecule has 4 saturated carbocycles. The second-order valence-corrected chi connectivity index (χ2v) is 32.7. The highest BCUT2D eigenvalue weighted by atomic mass is 19.4. The van der Waals surface area contributed by atoms with Gasteiger partial charge in [-0.2, -0.15) is 13.2 Å². The first kappa shape index (κ1) is 84.4. The van der Waals surface area contributed by atoms with Crippen LogP contribution in [-0.2, 0) is 67.0 Å². The molecule has 0 aromatic carbocycles. The van der Waals surface area contributed by atoms with Crippen LogP contribution in [0.3, 0.4) is 0 Å². The standard InChI is InChI=1S/C75H121F3N12O14/c1-17-47(4)62-70(100)84(10)41-61(93)85(11)53-25-19-18-22-34-89(69(53)99)56(36-48-28-26-45(2)27-29-48)68(98)83(9)40-59(91)79-52(33-31-49-30-32-51(75(76,77)78)58(37-49)104-16)66(96)90-39-46(3)35-54(90)65(95)81-74(43-73(5,6)44-74)72(102)88(14)63(50-23-20-21-24-50)71(101)87(13)55(67(97)82(7)8)38-60(92)86(12)57(42-103-15)64(94)80-62/h18-19,45-58,62-63H,17,20-44H2,1-16H3,(H,79,91)(H,80,94)(H,81,95)/b19-18-/t45?,46-,47-,48?,49?,51?,52-,53-,54-,55-,56-,57-,58?,62-,63-/m0/s1. The third-order valence-electron chi connectivity index (χ3n) is 23.9. The summed E-state index contributed by atoms with van der Waals surface area (Å²) >= 11 is 0. The Hall–Kier alpha value is -6.91. The maximum Gasteiger partial charge on any atom is 0.394 e. The van der Waals surface area contributed by atoms with Crippen molar-refractivity contribution in [1.82, 2.24) is 60.0 Å². The van der Waals surface area contributed by atoms with Gasteiger partial charge in [0.05, 0.1) is 38.1 Å². The number of hydrogen-bond acceptors (Lipinski definition) is 14. The van der Waals surface area contributed by atoms with E-state index in [2.05, 4.69) is 22.9 Å². The molecule has 4 aliphatic carbocycles. The molecule has 6 fully saturated rings. The summed E-state index contributed by atoms with van der Waals surface area (Å²) in [5.74, 6) is -10.8.